The first-order valence-electron chi connectivity index (χ1n) is 14.7. The molecule has 2 aliphatic rings. The Labute approximate surface area is 246 Å². The van der Waals surface area contributed by atoms with Gasteiger partial charge in [-0.2, -0.15) is 0 Å². The van der Waals surface area contributed by atoms with E-state index in [9.17, 15) is 23.9 Å². The van der Waals surface area contributed by atoms with Crippen LogP contribution < -0.4 is 15.4 Å². The standard InChI is InChI=1S/C32H39FN4O5/c33-12-16-42-28-5-1-3-24(18-28)6-7-25-17-27(21-35-20-25)29(19-31(39)40)36-32(41)26-4-2-15-37(22-26)30(38)9-8-23-10-13-34-14-11-23/h1,3,5,17-18,20-21,23,26,29,34H,2,4,8-16,19,22H2,(H,36,41)(H,39,40)/t26-,29?/m1/s1. The zero-order valence-corrected chi connectivity index (χ0v) is 23.8. The van der Waals surface area contributed by atoms with E-state index in [4.69, 9.17) is 4.74 Å². The first-order chi connectivity index (χ1) is 20.4. The van der Waals surface area contributed by atoms with Crippen molar-refractivity contribution in [3.8, 4) is 17.6 Å². The van der Waals surface area contributed by atoms with E-state index in [1.807, 2.05) is 0 Å². The van der Waals surface area contributed by atoms with Crippen molar-refractivity contribution in [3.63, 3.8) is 0 Å². The van der Waals surface area contributed by atoms with Crippen molar-refractivity contribution in [1.82, 2.24) is 20.5 Å². The Morgan fingerprint density at radius 1 is 1.14 bits per heavy atom. The second kappa shape index (κ2) is 15.9. The van der Waals surface area contributed by atoms with Gasteiger partial charge in [-0.15, -0.1) is 0 Å². The van der Waals surface area contributed by atoms with Crippen molar-refractivity contribution in [2.45, 2.75) is 51.0 Å². The highest BCUT2D eigenvalue weighted by Gasteiger charge is 2.30. The maximum Gasteiger partial charge on any atom is 0.305 e. The predicted molar refractivity (Wildman–Crippen MR) is 155 cm³/mol. The monoisotopic (exact) mass is 578 g/mol. The van der Waals surface area contributed by atoms with Gasteiger partial charge in [-0.05, 0) is 80.9 Å². The summed E-state index contributed by atoms with van der Waals surface area (Å²) in [4.78, 5) is 43.9. The van der Waals surface area contributed by atoms with Gasteiger partial charge < -0.3 is 25.4 Å². The lowest BCUT2D eigenvalue weighted by atomic mass is 9.92. The van der Waals surface area contributed by atoms with Gasteiger partial charge >= 0.3 is 5.97 Å². The summed E-state index contributed by atoms with van der Waals surface area (Å²) in [5.41, 5.74) is 1.75. The summed E-state index contributed by atoms with van der Waals surface area (Å²) in [7, 11) is 0. The molecule has 2 atom stereocenters. The maximum atomic E-state index is 13.3. The number of nitrogens with zero attached hydrogens (tertiary/aromatic N) is 2. The van der Waals surface area contributed by atoms with Crippen LogP contribution in [-0.4, -0.2) is 72.2 Å². The molecule has 3 heterocycles. The number of carbonyl (C=O) groups is 3. The zero-order valence-electron chi connectivity index (χ0n) is 23.8. The van der Waals surface area contributed by atoms with E-state index in [-0.39, 0.29) is 24.8 Å². The molecule has 224 valence electrons. The molecule has 2 aliphatic heterocycles. The molecule has 9 nitrogen and oxygen atoms in total. The Bertz CT molecular complexity index is 1290. The molecule has 1 aromatic heterocycles. The Balaban J connectivity index is 1.38. The first-order valence-corrected chi connectivity index (χ1v) is 14.7. The van der Waals surface area contributed by atoms with Crippen LogP contribution in [0.1, 0.15) is 67.7 Å². The average molecular weight is 579 g/mol. The van der Waals surface area contributed by atoms with Crippen LogP contribution in [0.2, 0.25) is 0 Å². The third-order valence-corrected chi connectivity index (χ3v) is 7.76. The van der Waals surface area contributed by atoms with Crippen LogP contribution in [0.4, 0.5) is 4.39 Å². The van der Waals surface area contributed by atoms with Crippen LogP contribution in [0, 0.1) is 23.7 Å². The molecular weight excluding hydrogens is 539 g/mol. The predicted octanol–water partition coefficient (Wildman–Crippen LogP) is 3.48. The van der Waals surface area contributed by atoms with Crippen molar-refractivity contribution < 1.29 is 28.6 Å². The highest BCUT2D eigenvalue weighted by Crippen LogP contribution is 2.24. The average Bonchev–Trinajstić information content (AvgIpc) is 3.02. The van der Waals surface area contributed by atoms with Crippen molar-refractivity contribution in [3.05, 3.63) is 59.4 Å². The smallest absolute Gasteiger partial charge is 0.305 e. The largest absolute Gasteiger partial charge is 0.491 e. The number of likely N-dealkylation sites (tertiary alicyclic amines) is 1. The first kappa shape index (κ1) is 31.0. The molecule has 10 heteroatoms. The molecular formula is C32H39FN4O5. The Morgan fingerprint density at radius 3 is 2.74 bits per heavy atom. The van der Waals surface area contributed by atoms with Crippen LogP contribution >= 0.6 is 0 Å². The van der Waals surface area contributed by atoms with Crippen LogP contribution in [-0.2, 0) is 14.4 Å². The van der Waals surface area contributed by atoms with Gasteiger partial charge in [-0.3, -0.25) is 19.4 Å². The van der Waals surface area contributed by atoms with Crippen molar-refractivity contribution in [2.75, 3.05) is 39.5 Å². The van der Waals surface area contributed by atoms with Gasteiger partial charge in [0.05, 0.1) is 18.4 Å². The molecule has 1 aromatic carbocycles. The van der Waals surface area contributed by atoms with Crippen LogP contribution in [0.25, 0.3) is 0 Å². The Kier molecular flexibility index (Phi) is 11.7. The lowest BCUT2D eigenvalue weighted by Gasteiger charge is -2.33. The number of pyridine rings is 1. The molecule has 42 heavy (non-hydrogen) atoms. The summed E-state index contributed by atoms with van der Waals surface area (Å²) >= 11 is 0. The van der Waals surface area contributed by atoms with Crippen molar-refractivity contribution in [1.29, 1.82) is 0 Å². The number of nitrogens with one attached hydrogen (secondary N) is 2. The summed E-state index contributed by atoms with van der Waals surface area (Å²) in [6.07, 6.45) is 7.70. The van der Waals surface area contributed by atoms with Gasteiger partial charge in [0.2, 0.25) is 11.8 Å². The molecule has 0 bridgehead atoms. The molecule has 0 spiro atoms. The topological polar surface area (TPSA) is 121 Å². The van der Waals surface area contributed by atoms with Crippen LogP contribution in [0.15, 0.2) is 42.7 Å². The molecule has 0 aliphatic carbocycles. The number of ether oxygens (including phenoxy) is 1. The second-order valence-electron chi connectivity index (χ2n) is 10.9. The van der Waals surface area contributed by atoms with Crippen molar-refractivity contribution in [2.24, 2.45) is 11.8 Å². The molecule has 2 aromatic rings. The molecule has 2 saturated heterocycles. The van der Waals surface area contributed by atoms with Crippen molar-refractivity contribution >= 4 is 17.8 Å². The van der Waals surface area contributed by atoms with E-state index in [1.165, 1.54) is 6.20 Å². The van der Waals surface area contributed by atoms with E-state index < -0.39 is 24.6 Å². The van der Waals surface area contributed by atoms with E-state index >= 15 is 0 Å². The fourth-order valence-corrected chi connectivity index (χ4v) is 5.47. The molecule has 1 unspecified atom stereocenters. The number of aromatic nitrogens is 1. The van der Waals surface area contributed by atoms with E-state index in [1.54, 1.807) is 41.4 Å². The summed E-state index contributed by atoms with van der Waals surface area (Å²) in [5, 5.41) is 15.8. The molecule has 3 N–H and O–H groups in total. The number of carboxylic acid groups (broad SMARTS) is 1. The number of benzene rings is 1. The number of halogens is 1. The molecule has 2 fully saturated rings. The third-order valence-electron chi connectivity index (χ3n) is 7.76. The number of amides is 2. The zero-order chi connectivity index (χ0) is 29.7. The minimum absolute atomic E-state index is 0.0345. The number of hydrogen-bond acceptors (Lipinski definition) is 6. The van der Waals surface area contributed by atoms with E-state index in [0.717, 1.165) is 38.8 Å². The fraction of sp³-hybridized carbons (Fsp3) is 0.500. The minimum atomic E-state index is -1.06. The fourth-order valence-electron chi connectivity index (χ4n) is 5.47. The van der Waals surface area contributed by atoms with Crippen LogP contribution in [0.3, 0.4) is 0 Å². The number of piperidine rings is 2. The molecule has 4 rings (SSSR count). The number of carbonyl (C=O) groups excluding carboxylic acids is 2. The second-order valence-corrected chi connectivity index (χ2v) is 10.9. The number of hydrogen-bond donors (Lipinski definition) is 3. The summed E-state index contributed by atoms with van der Waals surface area (Å²) < 4.78 is 17.7. The lowest BCUT2D eigenvalue weighted by Crippen LogP contribution is -2.46. The third kappa shape index (κ3) is 9.55. The Morgan fingerprint density at radius 2 is 1.95 bits per heavy atom. The quantitative estimate of drug-likeness (QED) is 0.349. The van der Waals surface area contributed by atoms with Gasteiger partial charge in [0, 0.05) is 43.0 Å². The van der Waals surface area contributed by atoms with Gasteiger partial charge in [0.25, 0.3) is 0 Å². The minimum Gasteiger partial charge on any atom is -0.491 e. The highest BCUT2D eigenvalue weighted by atomic mass is 19.1. The van der Waals surface area contributed by atoms with Crippen LogP contribution in [0.5, 0.6) is 5.75 Å². The summed E-state index contributed by atoms with van der Waals surface area (Å²) in [6, 6.07) is 7.91. The Hall–Kier alpha value is -3.97. The molecule has 0 saturated carbocycles. The highest BCUT2D eigenvalue weighted by molar-refractivity contribution is 5.82. The summed E-state index contributed by atoms with van der Waals surface area (Å²) in [5.74, 6) is 5.47. The maximum absolute atomic E-state index is 13.3. The number of carboxylic acids is 1. The summed E-state index contributed by atoms with van der Waals surface area (Å²) in [6.45, 7) is 2.36. The normalized spacial score (nSPS) is 17.9. The SMILES string of the molecule is O=C(O)CC(NC(=O)[C@@H]1CCCN(C(=O)CCC2CCNCC2)C1)c1cncc(C#Cc2cccc(OCCF)c2)c1. The van der Waals surface area contributed by atoms with Gasteiger partial charge in [0.1, 0.15) is 19.0 Å². The number of rotatable bonds is 11. The van der Waals surface area contributed by atoms with Gasteiger partial charge in [-0.1, -0.05) is 17.9 Å². The van der Waals surface area contributed by atoms with E-state index in [0.29, 0.717) is 54.3 Å². The molecule has 2 amide bonds. The van der Waals surface area contributed by atoms with E-state index in [2.05, 4.69) is 27.5 Å². The molecule has 0 radical (unpaired) electrons. The number of aliphatic carboxylic acids is 1. The lowest BCUT2D eigenvalue weighted by molar-refractivity contribution is -0.138. The van der Waals surface area contributed by atoms with Gasteiger partial charge in [-0.25, -0.2) is 4.39 Å². The van der Waals surface area contributed by atoms with Gasteiger partial charge in [0.15, 0.2) is 0 Å². The number of alkyl halides is 1.